The average Bonchev–Trinajstić information content (AvgIpc) is 2.05. The molecule has 2 aliphatic rings. The number of aliphatic imine (C=N–C) groups is 1. The summed E-state index contributed by atoms with van der Waals surface area (Å²) in [6.45, 7) is 0.507. The van der Waals surface area contributed by atoms with E-state index >= 15 is 0 Å². The highest BCUT2D eigenvalue weighted by molar-refractivity contribution is 6.03. The van der Waals surface area contributed by atoms with Crippen molar-refractivity contribution in [2.45, 2.75) is 12.8 Å². The van der Waals surface area contributed by atoms with Crippen molar-refractivity contribution in [3.63, 3.8) is 0 Å². The fraction of sp³-hybridized carbons (Fsp3) is 0.375. The molecular formula is C8H9NO. The smallest absolute Gasteiger partial charge is 0.178 e. The maximum Gasteiger partial charge on any atom is 0.178 e. The minimum absolute atomic E-state index is 0.507. The Bertz CT molecular complexity index is 225. The third kappa shape index (κ3) is 0.856. The fourth-order valence-corrected chi connectivity index (χ4v) is 1.19. The minimum atomic E-state index is 0.507. The summed E-state index contributed by atoms with van der Waals surface area (Å²) in [5.74, 6) is 0. The minimum Gasteiger partial charge on any atom is -0.478 e. The van der Waals surface area contributed by atoms with Crippen LogP contribution in [0.1, 0.15) is 12.8 Å². The van der Waals surface area contributed by atoms with Crippen LogP contribution in [0.5, 0.6) is 0 Å². The fourth-order valence-electron chi connectivity index (χ4n) is 1.19. The van der Waals surface area contributed by atoms with Crippen LogP contribution in [-0.4, -0.2) is 12.4 Å². The van der Waals surface area contributed by atoms with Crippen molar-refractivity contribution < 1.29 is 4.74 Å². The van der Waals surface area contributed by atoms with Crippen molar-refractivity contribution in [2.24, 2.45) is 4.99 Å². The molecule has 0 saturated heterocycles. The number of allylic oxidation sites excluding steroid dienone is 3. The zero-order valence-electron chi connectivity index (χ0n) is 5.71. The second-order valence-corrected chi connectivity index (χ2v) is 2.41. The van der Waals surface area contributed by atoms with Gasteiger partial charge in [0.15, 0.2) is 6.73 Å². The predicted molar refractivity (Wildman–Crippen MR) is 39.8 cm³/mol. The number of rotatable bonds is 0. The monoisotopic (exact) mass is 135 g/mol. The lowest BCUT2D eigenvalue weighted by molar-refractivity contribution is 0.255. The van der Waals surface area contributed by atoms with Gasteiger partial charge < -0.3 is 4.74 Å². The molecule has 2 nitrogen and oxygen atoms in total. The lowest BCUT2D eigenvalue weighted by Gasteiger charge is -2.15. The van der Waals surface area contributed by atoms with Crippen LogP contribution in [0.2, 0.25) is 0 Å². The van der Waals surface area contributed by atoms with Gasteiger partial charge in [0.1, 0.15) is 0 Å². The average molecular weight is 135 g/mol. The molecule has 1 aliphatic heterocycles. The third-order valence-corrected chi connectivity index (χ3v) is 1.72. The Hall–Kier alpha value is -1.05. The molecule has 0 aromatic carbocycles. The largest absolute Gasteiger partial charge is 0.478 e. The van der Waals surface area contributed by atoms with Gasteiger partial charge in [0.05, 0.1) is 6.26 Å². The van der Waals surface area contributed by atoms with Crippen LogP contribution in [0.3, 0.4) is 0 Å². The standard InChI is InChI=1S/C8H9NO/c1-2-4-8-7(3-1)5-10-6-9-8/h1,3,5H,2,4,6H2. The summed E-state index contributed by atoms with van der Waals surface area (Å²) >= 11 is 0. The van der Waals surface area contributed by atoms with Crippen molar-refractivity contribution in [2.75, 3.05) is 6.73 Å². The van der Waals surface area contributed by atoms with Crippen LogP contribution in [0, 0.1) is 0 Å². The Morgan fingerprint density at radius 2 is 2.50 bits per heavy atom. The topological polar surface area (TPSA) is 21.6 Å². The molecule has 2 rings (SSSR count). The Morgan fingerprint density at radius 3 is 3.40 bits per heavy atom. The summed E-state index contributed by atoms with van der Waals surface area (Å²) in [4.78, 5) is 4.23. The van der Waals surface area contributed by atoms with E-state index in [9.17, 15) is 0 Å². The zero-order valence-corrected chi connectivity index (χ0v) is 5.71. The first-order valence-electron chi connectivity index (χ1n) is 3.49. The van der Waals surface area contributed by atoms with Crippen LogP contribution in [0.4, 0.5) is 0 Å². The van der Waals surface area contributed by atoms with E-state index in [1.165, 1.54) is 5.71 Å². The summed E-state index contributed by atoms with van der Waals surface area (Å²) in [6.07, 6.45) is 8.21. The maximum absolute atomic E-state index is 5.04. The molecule has 0 fully saturated rings. The SMILES string of the molecule is C1=CC2=COCN=C2CC1. The quantitative estimate of drug-likeness (QED) is 0.495. The van der Waals surface area contributed by atoms with Gasteiger partial charge in [0.2, 0.25) is 0 Å². The molecule has 0 N–H and O–H groups in total. The van der Waals surface area contributed by atoms with Gasteiger partial charge in [-0.25, -0.2) is 4.99 Å². The van der Waals surface area contributed by atoms with Gasteiger partial charge in [-0.05, 0) is 12.8 Å². The lowest BCUT2D eigenvalue weighted by atomic mass is 10.0. The van der Waals surface area contributed by atoms with Crippen LogP contribution in [0.15, 0.2) is 29.0 Å². The third-order valence-electron chi connectivity index (χ3n) is 1.72. The van der Waals surface area contributed by atoms with Gasteiger partial charge in [-0.1, -0.05) is 12.2 Å². The molecule has 0 bridgehead atoms. The summed E-state index contributed by atoms with van der Waals surface area (Å²) in [7, 11) is 0. The van der Waals surface area contributed by atoms with E-state index in [1.54, 1.807) is 6.26 Å². The highest BCUT2D eigenvalue weighted by Gasteiger charge is 2.10. The van der Waals surface area contributed by atoms with Gasteiger partial charge >= 0.3 is 0 Å². The van der Waals surface area contributed by atoms with E-state index in [0.717, 1.165) is 18.4 Å². The molecule has 0 aromatic heterocycles. The first-order valence-corrected chi connectivity index (χ1v) is 3.49. The number of ether oxygens (including phenoxy) is 1. The zero-order chi connectivity index (χ0) is 6.81. The molecule has 1 heterocycles. The first-order chi connectivity index (χ1) is 4.97. The van der Waals surface area contributed by atoms with E-state index in [0.29, 0.717) is 6.73 Å². The Balaban J connectivity index is 2.33. The molecule has 0 radical (unpaired) electrons. The van der Waals surface area contributed by atoms with Crippen LogP contribution in [0.25, 0.3) is 0 Å². The molecule has 0 atom stereocenters. The van der Waals surface area contributed by atoms with Crippen molar-refractivity contribution in [3.05, 3.63) is 24.0 Å². The number of nitrogens with zero attached hydrogens (tertiary/aromatic N) is 1. The number of hydrogen-bond acceptors (Lipinski definition) is 2. The van der Waals surface area contributed by atoms with Gasteiger partial charge in [-0.2, -0.15) is 0 Å². The molecule has 52 valence electrons. The molecular weight excluding hydrogens is 126 g/mol. The predicted octanol–water partition coefficient (Wildman–Crippen LogP) is 1.65. The second kappa shape index (κ2) is 2.29. The summed E-state index contributed by atoms with van der Waals surface area (Å²) < 4.78 is 5.04. The van der Waals surface area contributed by atoms with E-state index in [4.69, 9.17) is 4.74 Å². The molecule has 0 amide bonds. The first kappa shape index (κ1) is 5.71. The van der Waals surface area contributed by atoms with E-state index in [2.05, 4.69) is 17.1 Å². The van der Waals surface area contributed by atoms with Gasteiger partial charge in [0, 0.05) is 11.3 Å². The molecule has 0 aromatic rings. The summed E-state index contributed by atoms with van der Waals surface area (Å²) in [6, 6.07) is 0. The molecule has 1 aliphatic carbocycles. The van der Waals surface area contributed by atoms with E-state index < -0.39 is 0 Å². The second-order valence-electron chi connectivity index (χ2n) is 2.41. The Labute approximate surface area is 59.9 Å². The summed E-state index contributed by atoms with van der Waals surface area (Å²) in [5, 5.41) is 0. The lowest BCUT2D eigenvalue weighted by Crippen LogP contribution is -2.10. The molecule has 10 heavy (non-hydrogen) atoms. The van der Waals surface area contributed by atoms with Crippen molar-refractivity contribution in [1.29, 1.82) is 0 Å². The number of fused-ring (bicyclic) bond motifs is 1. The van der Waals surface area contributed by atoms with Gasteiger partial charge in [-0.3, -0.25) is 0 Å². The van der Waals surface area contributed by atoms with E-state index in [1.807, 2.05) is 0 Å². The van der Waals surface area contributed by atoms with Crippen LogP contribution < -0.4 is 0 Å². The highest BCUT2D eigenvalue weighted by Crippen LogP contribution is 2.16. The highest BCUT2D eigenvalue weighted by atomic mass is 16.5. The number of hydrogen-bond donors (Lipinski definition) is 0. The van der Waals surface area contributed by atoms with Gasteiger partial charge in [0.25, 0.3) is 0 Å². The maximum atomic E-state index is 5.04. The summed E-state index contributed by atoms with van der Waals surface area (Å²) in [5.41, 5.74) is 2.35. The van der Waals surface area contributed by atoms with Crippen molar-refractivity contribution >= 4 is 5.71 Å². The van der Waals surface area contributed by atoms with Crippen LogP contribution in [-0.2, 0) is 4.74 Å². The van der Waals surface area contributed by atoms with Crippen molar-refractivity contribution in [3.8, 4) is 0 Å². The molecule has 0 unspecified atom stereocenters. The Morgan fingerprint density at radius 1 is 1.50 bits per heavy atom. The van der Waals surface area contributed by atoms with Crippen molar-refractivity contribution in [1.82, 2.24) is 0 Å². The Kier molecular flexibility index (Phi) is 1.31. The van der Waals surface area contributed by atoms with E-state index in [-0.39, 0.29) is 0 Å². The molecule has 2 heteroatoms. The molecule has 0 saturated carbocycles. The van der Waals surface area contributed by atoms with Gasteiger partial charge in [-0.15, -0.1) is 0 Å². The van der Waals surface area contributed by atoms with Crippen LogP contribution >= 0.6 is 0 Å². The normalized spacial score (nSPS) is 22.4. The molecule has 0 spiro atoms.